The number of alkyl halides is 3. The van der Waals surface area contributed by atoms with Crippen molar-refractivity contribution in [2.24, 2.45) is 0 Å². The summed E-state index contributed by atoms with van der Waals surface area (Å²) < 4.78 is 52.6. The molecule has 166 valence electrons. The predicted molar refractivity (Wildman–Crippen MR) is 111 cm³/mol. The van der Waals surface area contributed by atoms with Crippen LogP contribution >= 0.6 is 0 Å². The van der Waals surface area contributed by atoms with E-state index in [1.807, 2.05) is 0 Å². The molecule has 1 aliphatic rings. The lowest BCUT2D eigenvalue weighted by Crippen LogP contribution is -2.28. The number of nitrogens with zero attached hydrogens (tertiary/aromatic N) is 2. The molecule has 0 bridgehead atoms. The van der Waals surface area contributed by atoms with Crippen molar-refractivity contribution < 1.29 is 27.4 Å². The zero-order valence-corrected chi connectivity index (χ0v) is 17.3. The van der Waals surface area contributed by atoms with Gasteiger partial charge in [-0.1, -0.05) is 6.07 Å². The van der Waals surface area contributed by atoms with Gasteiger partial charge in [-0.05, 0) is 49.1 Å². The number of fused-ring (bicyclic) bond motifs is 1. The third-order valence-electron chi connectivity index (χ3n) is 5.47. The number of carbonyl (C=O) groups is 1. The Bertz CT molecular complexity index is 1240. The van der Waals surface area contributed by atoms with Crippen LogP contribution in [-0.2, 0) is 19.0 Å². The molecule has 1 heterocycles. The van der Waals surface area contributed by atoms with Gasteiger partial charge >= 0.3 is 6.18 Å². The molecule has 0 fully saturated rings. The molecule has 4 rings (SSSR count). The SMILES string of the molecule is COc1cc(OC)cc(-c2nn(-c3cc(C=O)ccc3C(F)(F)F)c(=O)c3c2CCC3)c1. The van der Waals surface area contributed by atoms with E-state index in [9.17, 15) is 22.8 Å². The highest BCUT2D eigenvalue weighted by molar-refractivity contribution is 5.76. The summed E-state index contributed by atoms with van der Waals surface area (Å²) in [5, 5.41) is 4.36. The van der Waals surface area contributed by atoms with Crippen molar-refractivity contribution >= 4 is 6.29 Å². The van der Waals surface area contributed by atoms with E-state index in [1.54, 1.807) is 18.2 Å². The smallest absolute Gasteiger partial charge is 0.418 e. The molecule has 0 atom stereocenters. The summed E-state index contributed by atoms with van der Waals surface area (Å²) in [6, 6.07) is 7.91. The fourth-order valence-corrected chi connectivity index (χ4v) is 3.95. The molecule has 9 heteroatoms. The van der Waals surface area contributed by atoms with E-state index in [1.165, 1.54) is 14.2 Å². The molecular weight excluding hydrogens is 425 g/mol. The molecule has 0 saturated heterocycles. The number of carbonyl (C=O) groups excluding carboxylic acids is 1. The molecule has 6 nitrogen and oxygen atoms in total. The highest BCUT2D eigenvalue weighted by Crippen LogP contribution is 2.36. The van der Waals surface area contributed by atoms with Crippen molar-refractivity contribution in [3.63, 3.8) is 0 Å². The Morgan fingerprint density at radius 3 is 2.25 bits per heavy atom. The second kappa shape index (κ2) is 8.14. The number of rotatable bonds is 5. The number of hydrogen-bond acceptors (Lipinski definition) is 5. The Balaban J connectivity index is 2.05. The van der Waals surface area contributed by atoms with Crippen LogP contribution in [0.3, 0.4) is 0 Å². The van der Waals surface area contributed by atoms with Crippen molar-refractivity contribution in [1.82, 2.24) is 9.78 Å². The van der Waals surface area contributed by atoms with E-state index in [4.69, 9.17) is 9.47 Å². The van der Waals surface area contributed by atoms with Gasteiger partial charge in [0.25, 0.3) is 5.56 Å². The average molecular weight is 444 g/mol. The quantitative estimate of drug-likeness (QED) is 0.551. The molecule has 0 saturated carbocycles. The van der Waals surface area contributed by atoms with Gasteiger partial charge in [0.15, 0.2) is 0 Å². The van der Waals surface area contributed by atoms with E-state index >= 15 is 0 Å². The summed E-state index contributed by atoms with van der Waals surface area (Å²) in [7, 11) is 2.97. The van der Waals surface area contributed by atoms with Gasteiger partial charge in [0, 0.05) is 22.8 Å². The summed E-state index contributed by atoms with van der Waals surface area (Å²) in [6.07, 6.45) is -2.62. The maximum Gasteiger partial charge on any atom is 0.418 e. The van der Waals surface area contributed by atoms with E-state index in [-0.39, 0.29) is 5.56 Å². The Morgan fingerprint density at radius 1 is 1.00 bits per heavy atom. The van der Waals surface area contributed by atoms with Crippen LogP contribution in [0.1, 0.15) is 33.5 Å². The first kappa shape index (κ1) is 21.6. The normalized spacial score (nSPS) is 13.0. The van der Waals surface area contributed by atoms with Crippen molar-refractivity contribution in [1.29, 1.82) is 0 Å². The first-order valence-corrected chi connectivity index (χ1v) is 9.82. The van der Waals surface area contributed by atoms with Crippen LogP contribution in [0.25, 0.3) is 16.9 Å². The fraction of sp³-hybridized carbons (Fsp3) is 0.261. The molecule has 0 radical (unpaired) electrons. The number of ether oxygens (including phenoxy) is 2. The van der Waals surface area contributed by atoms with Gasteiger partial charge < -0.3 is 9.47 Å². The summed E-state index contributed by atoms with van der Waals surface area (Å²) in [5.74, 6) is 0.953. The summed E-state index contributed by atoms with van der Waals surface area (Å²) in [4.78, 5) is 24.4. The number of aromatic nitrogens is 2. The largest absolute Gasteiger partial charge is 0.497 e. The first-order valence-electron chi connectivity index (χ1n) is 9.82. The predicted octanol–water partition coefficient (Wildman–Crippen LogP) is 4.24. The summed E-state index contributed by atoms with van der Waals surface area (Å²) in [5.41, 5.74) is -0.116. The molecule has 0 N–H and O–H groups in total. The van der Waals surface area contributed by atoms with Crippen molar-refractivity contribution in [2.75, 3.05) is 14.2 Å². The average Bonchev–Trinajstić information content (AvgIpc) is 3.28. The van der Waals surface area contributed by atoms with E-state index in [0.29, 0.717) is 59.4 Å². The molecule has 0 amide bonds. The van der Waals surface area contributed by atoms with Gasteiger partial charge in [-0.2, -0.15) is 23.0 Å². The van der Waals surface area contributed by atoms with Gasteiger partial charge in [0.05, 0.1) is 31.2 Å². The maximum atomic E-state index is 13.7. The lowest BCUT2D eigenvalue weighted by molar-refractivity contribution is -0.137. The van der Waals surface area contributed by atoms with E-state index < -0.39 is 23.0 Å². The summed E-state index contributed by atoms with van der Waals surface area (Å²) >= 11 is 0. The van der Waals surface area contributed by atoms with E-state index in [2.05, 4.69) is 5.10 Å². The van der Waals surface area contributed by atoms with Crippen molar-refractivity contribution in [3.05, 3.63) is 69.0 Å². The van der Waals surface area contributed by atoms with Crippen molar-refractivity contribution in [2.45, 2.75) is 25.4 Å². The molecule has 3 aromatic rings. The number of halogens is 3. The minimum absolute atomic E-state index is 0.00629. The minimum atomic E-state index is -4.74. The van der Waals surface area contributed by atoms with Crippen LogP contribution in [0.4, 0.5) is 13.2 Å². The maximum absolute atomic E-state index is 13.7. The zero-order chi connectivity index (χ0) is 23.0. The number of aldehydes is 1. The second-order valence-corrected chi connectivity index (χ2v) is 7.37. The van der Waals surface area contributed by atoms with Gasteiger partial charge in [-0.15, -0.1) is 0 Å². The Kier molecular flexibility index (Phi) is 5.50. The number of methoxy groups -OCH3 is 2. The van der Waals surface area contributed by atoms with Gasteiger partial charge in [0.2, 0.25) is 0 Å². The van der Waals surface area contributed by atoms with Crippen LogP contribution < -0.4 is 15.0 Å². The molecule has 1 aromatic heterocycles. The van der Waals surface area contributed by atoms with Crippen LogP contribution in [0.5, 0.6) is 11.5 Å². The molecule has 1 aliphatic carbocycles. The first-order chi connectivity index (χ1) is 15.3. The number of hydrogen-bond donors (Lipinski definition) is 0. The van der Waals surface area contributed by atoms with Gasteiger partial charge in [-0.3, -0.25) is 9.59 Å². The zero-order valence-electron chi connectivity index (χ0n) is 17.3. The topological polar surface area (TPSA) is 70.4 Å². The third kappa shape index (κ3) is 3.74. The van der Waals surface area contributed by atoms with Crippen LogP contribution in [0.2, 0.25) is 0 Å². The Labute approximate surface area is 181 Å². The second-order valence-electron chi connectivity index (χ2n) is 7.37. The molecule has 2 aromatic carbocycles. The molecule has 0 aliphatic heterocycles. The van der Waals surface area contributed by atoms with E-state index in [0.717, 1.165) is 22.9 Å². The van der Waals surface area contributed by atoms with Crippen LogP contribution in [0.15, 0.2) is 41.2 Å². The minimum Gasteiger partial charge on any atom is -0.497 e. The van der Waals surface area contributed by atoms with Crippen LogP contribution in [-0.4, -0.2) is 30.3 Å². The lowest BCUT2D eigenvalue weighted by atomic mass is 10.0. The van der Waals surface area contributed by atoms with Gasteiger partial charge in [-0.25, -0.2) is 0 Å². The molecule has 0 spiro atoms. The monoisotopic (exact) mass is 444 g/mol. The Hall–Kier alpha value is -3.62. The Morgan fingerprint density at radius 2 is 1.66 bits per heavy atom. The molecular formula is C23H19F3N2O4. The number of benzene rings is 2. The lowest BCUT2D eigenvalue weighted by Gasteiger charge is -2.17. The van der Waals surface area contributed by atoms with Crippen molar-refractivity contribution in [3.8, 4) is 28.4 Å². The highest BCUT2D eigenvalue weighted by atomic mass is 19.4. The fourth-order valence-electron chi connectivity index (χ4n) is 3.95. The third-order valence-corrected chi connectivity index (χ3v) is 5.47. The van der Waals surface area contributed by atoms with Crippen LogP contribution in [0, 0.1) is 0 Å². The van der Waals surface area contributed by atoms with Gasteiger partial charge in [0.1, 0.15) is 17.8 Å². The standard InChI is InChI=1S/C23H19F3N2O4/c1-31-15-9-14(10-16(11-15)32-2)21-17-4-3-5-18(17)22(30)28(27-21)20-8-13(12-29)6-7-19(20)23(24,25)26/h6-12H,3-5H2,1-2H3. The highest BCUT2D eigenvalue weighted by Gasteiger charge is 2.35. The molecule has 32 heavy (non-hydrogen) atoms. The summed E-state index contributed by atoms with van der Waals surface area (Å²) in [6.45, 7) is 0. The molecule has 0 unspecified atom stereocenters.